The number of rotatable bonds is 10. The number of hydrogen-bond acceptors (Lipinski definition) is 3. The van der Waals surface area contributed by atoms with E-state index in [9.17, 15) is 0 Å². The summed E-state index contributed by atoms with van der Waals surface area (Å²) in [6, 6.07) is 1.14. The predicted octanol–water partition coefficient (Wildman–Crippen LogP) is 4.65. The van der Waals surface area contributed by atoms with Crippen LogP contribution in [0.15, 0.2) is 0 Å². The molecule has 0 aromatic carbocycles. The second-order valence-corrected chi connectivity index (χ2v) is 10.3. The van der Waals surface area contributed by atoms with Crippen molar-refractivity contribution in [1.82, 2.24) is 0 Å². The average Bonchev–Trinajstić information content (AvgIpc) is 3.22. The molecule has 3 nitrogen and oxygen atoms in total. The summed E-state index contributed by atoms with van der Waals surface area (Å²) >= 11 is 0. The zero-order valence-electron chi connectivity index (χ0n) is 14.4. The van der Waals surface area contributed by atoms with Crippen LogP contribution in [0.1, 0.15) is 65.7 Å². The number of unbranched alkanes of at least 4 members (excludes halogenated alkanes) is 3. The van der Waals surface area contributed by atoms with E-state index in [1.165, 1.54) is 44.9 Å². The van der Waals surface area contributed by atoms with E-state index >= 15 is 0 Å². The molecule has 1 saturated carbocycles. The molecule has 2 fully saturated rings. The molecule has 0 aromatic heterocycles. The molecule has 1 aliphatic heterocycles. The number of hydrogen-bond donors (Lipinski definition) is 0. The van der Waals surface area contributed by atoms with Gasteiger partial charge < -0.3 is 13.6 Å². The fraction of sp³-hybridized carbons (Fsp3) is 1.00. The lowest BCUT2D eigenvalue weighted by Crippen LogP contribution is -2.44. The normalized spacial score (nSPS) is 32.3. The Hall–Kier alpha value is 0.0969. The molecule has 1 heterocycles. The molecule has 0 aromatic rings. The molecule has 1 aliphatic carbocycles. The minimum Gasteiger partial charge on any atom is -0.395 e. The lowest BCUT2D eigenvalue weighted by Gasteiger charge is -2.34. The summed E-state index contributed by atoms with van der Waals surface area (Å²) in [5.74, 6) is 0.664. The zero-order valence-corrected chi connectivity index (χ0v) is 15.4. The van der Waals surface area contributed by atoms with Gasteiger partial charge >= 0.3 is 8.56 Å². The zero-order chi connectivity index (χ0) is 15.3. The summed E-state index contributed by atoms with van der Waals surface area (Å²) in [5, 5.41) is 0. The number of fused-ring (bicyclic) bond motifs is 1. The molecule has 1 saturated heterocycles. The highest BCUT2D eigenvalue weighted by atomic mass is 28.4. The van der Waals surface area contributed by atoms with Gasteiger partial charge in [-0.25, -0.2) is 0 Å². The molecule has 0 bridgehead atoms. The van der Waals surface area contributed by atoms with Crippen LogP contribution in [0.2, 0.25) is 12.6 Å². The molecule has 5 unspecified atom stereocenters. The SMILES string of the molecule is CCCCCC[Si](C)(OCC)OC(C)C1CCC2OC2C1. The Bertz CT molecular complexity index is 312. The first-order valence-corrected chi connectivity index (χ1v) is 11.6. The highest BCUT2D eigenvalue weighted by Gasteiger charge is 2.46. The van der Waals surface area contributed by atoms with Gasteiger partial charge in [0.15, 0.2) is 0 Å². The highest BCUT2D eigenvalue weighted by Crippen LogP contribution is 2.41. The molecule has 0 N–H and O–H groups in total. The molecule has 21 heavy (non-hydrogen) atoms. The summed E-state index contributed by atoms with van der Waals surface area (Å²) in [5.41, 5.74) is 0. The third-order valence-corrected chi connectivity index (χ3v) is 8.11. The third kappa shape index (κ3) is 5.34. The Balaban J connectivity index is 1.78. The standard InChI is InChI=1S/C17H34O3Si/c1-5-7-8-9-12-21(4,18-6-2)20-14(3)15-10-11-16-17(13-15)19-16/h14-17H,5-13H2,1-4H3. The van der Waals surface area contributed by atoms with Crippen molar-refractivity contribution in [3.8, 4) is 0 Å². The van der Waals surface area contributed by atoms with Crippen molar-refractivity contribution in [3.63, 3.8) is 0 Å². The van der Waals surface area contributed by atoms with Gasteiger partial charge in [0.1, 0.15) is 0 Å². The number of ether oxygens (including phenoxy) is 1. The van der Waals surface area contributed by atoms with Gasteiger partial charge in [0, 0.05) is 12.7 Å². The van der Waals surface area contributed by atoms with E-state index < -0.39 is 8.56 Å². The van der Waals surface area contributed by atoms with Gasteiger partial charge in [-0.05, 0) is 51.6 Å². The molecule has 0 spiro atoms. The maximum atomic E-state index is 6.53. The van der Waals surface area contributed by atoms with Crippen LogP contribution in [0.3, 0.4) is 0 Å². The highest BCUT2D eigenvalue weighted by molar-refractivity contribution is 6.66. The van der Waals surface area contributed by atoms with Crippen molar-refractivity contribution in [3.05, 3.63) is 0 Å². The van der Waals surface area contributed by atoms with E-state index in [-0.39, 0.29) is 0 Å². The summed E-state index contributed by atoms with van der Waals surface area (Å²) in [6.45, 7) is 9.65. The van der Waals surface area contributed by atoms with Crippen LogP contribution in [-0.4, -0.2) is 33.5 Å². The van der Waals surface area contributed by atoms with Crippen LogP contribution in [0.4, 0.5) is 0 Å². The van der Waals surface area contributed by atoms with Gasteiger partial charge in [0.2, 0.25) is 0 Å². The summed E-state index contributed by atoms with van der Waals surface area (Å²) in [7, 11) is -2.00. The molecule has 2 aliphatic rings. The van der Waals surface area contributed by atoms with Crippen LogP contribution in [0, 0.1) is 5.92 Å². The Morgan fingerprint density at radius 1 is 1.14 bits per heavy atom. The van der Waals surface area contributed by atoms with Gasteiger partial charge in [-0.1, -0.05) is 32.6 Å². The third-order valence-electron chi connectivity index (χ3n) is 5.08. The smallest absolute Gasteiger partial charge is 0.335 e. The second-order valence-electron chi connectivity index (χ2n) is 6.99. The summed E-state index contributed by atoms with van der Waals surface area (Å²) in [6.07, 6.45) is 10.3. The van der Waals surface area contributed by atoms with Gasteiger partial charge in [-0.15, -0.1) is 0 Å². The summed E-state index contributed by atoms with van der Waals surface area (Å²) in [4.78, 5) is 0. The van der Waals surface area contributed by atoms with E-state index in [2.05, 4.69) is 27.3 Å². The van der Waals surface area contributed by atoms with E-state index in [1.807, 2.05) is 0 Å². The van der Waals surface area contributed by atoms with Crippen LogP contribution >= 0.6 is 0 Å². The maximum absolute atomic E-state index is 6.53. The molecule has 4 heteroatoms. The van der Waals surface area contributed by atoms with Gasteiger partial charge in [-0.3, -0.25) is 0 Å². The fourth-order valence-corrected chi connectivity index (χ4v) is 6.51. The molecule has 2 rings (SSSR count). The molecule has 124 valence electrons. The maximum Gasteiger partial charge on any atom is 0.335 e. The average molecular weight is 315 g/mol. The van der Waals surface area contributed by atoms with Crippen molar-refractivity contribution in [1.29, 1.82) is 0 Å². The Morgan fingerprint density at radius 3 is 2.62 bits per heavy atom. The van der Waals surface area contributed by atoms with Crippen molar-refractivity contribution >= 4 is 8.56 Å². The minimum absolute atomic E-state index is 0.324. The van der Waals surface area contributed by atoms with Gasteiger partial charge in [0.05, 0.1) is 12.2 Å². The van der Waals surface area contributed by atoms with Gasteiger partial charge in [0.25, 0.3) is 0 Å². The van der Waals surface area contributed by atoms with E-state index in [1.54, 1.807) is 0 Å². The monoisotopic (exact) mass is 314 g/mol. The molecule has 0 amide bonds. The second kappa shape index (κ2) is 8.09. The predicted molar refractivity (Wildman–Crippen MR) is 88.7 cm³/mol. The quantitative estimate of drug-likeness (QED) is 0.334. The molecular formula is C17H34O3Si. The topological polar surface area (TPSA) is 31.0 Å². The van der Waals surface area contributed by atoms with Crippen molar-refractivity contribution in [2.75, 3.05) is 6.61 Å². The van der Waals surface area contributed by atoms with E-state index in [4.69, 9.17) is 13.6 Å². The van der Waals surface area contributed by atoms with Crippen LogP contribution in [0.5, 0.6) is 0 Å². The molecular weight excluding hydrogens is 280 g/mol. The number of epoxide rings is 1. The first kappa shape index (κ1) is 17.5. The lowest BCUT2D eigenvalue weighted by atomic mass is 9.86. The van der Waals surface area contributed by atoms with Crippen LogP contribution in [0.25, 0.3) is 0 Å². The first-order valence-electron chi connectivity index (χ1n) is 9.05. The first-order chi connectivity index (χ1) is 10.1. The van der Waals surface area contributed by atoms with E-state index in [0.717, 1.165) is 12.7 Å². The fourth-order valence-electron chi connectivity index (χ4n) is 3.69. The Morgan fingerprint density at radius 2 is 1.95 bits per heavy atom. The minimum atomic E-state index is -2.00. The van der Waals surface area contributed by atoms with Crippen molar-refractivity contribution in [2.45, 2.75) is 96.6 Å². The molecule has 0 radical (unpaired) electrons. The van der Waals surface area contributed by atoms with E-state index in [0.29, 0.717) is 24.2 Å². The van der Waals surface area contributed by atoms with Crippen molar-refractivity contribution < 1.29 is 13.6 Å². The Labute approximate surface area is 132 Å². The van der Waals surface area contributed by atoms with Gasteiger partial charge in [-0.2, -0.15) is 0 Å². The lowest BCUT2D eigenvalue weighted by molar-refractivity contribution is 0.0760. The Kier molecular flexibility index (Phi) is 6.72. The van der Waals surface area contributed by atoms with Crippen LogP contribution < -0.4 is 0 Å². The van der Waals surface area contributed by atoms with Crippen molar-refractivity contribution in [2.24, 2.45) is 5.92 Å². The van der Waals surface area contributed by atoms with Crippen LogP contribution in [-0.2, 0) is 13.6 Å². The molecule has 5 atom stereocenters. The summed E-state index contributed by atoms with van der Waals surface area (Å²) < 4.78 is 18.3. The largest absolute Gasteiger partial charge is 0.395 e.